The molecule has 1 heterocycles. The average molecular weight is 269 g/mol. The molecular formula is C17H19NO2. The number of hydrogen-bond donors (Lipinski definition) is 1. The van der Waals surface area contributed by atoms with E-state index in [4.69, 9.17) is 9.47 Å². The maximum Gasteiger partial charge on any atom is 0.123 e. The van der Waals surface area contributed by atoms with Crippen molar-refractivity contribution in [3.05, 3.63) is 65.2 Å². The van der Waals surface area contributed by atoms with Crippen molar-refractivity contribution in [3.8, 4) is 5.75 Å². The summed E-state index contributed by atoms with van der Waals surface area (Å²) >= 11 is 0. The van der Waals surface area contributed by atoms with E-state index < -0.39 is 0 Å². The third-order valence-electron chi connectivity index (χ3n) is 3.70. The summed E-state index contributed by atoms with van der Waals surface area (Å²) in [4.78, 5) is 0. The van der Waals surface area contributed by atoms with E-state index in [0.29, 0.717) is 13.2 Å². The maximum atomic E-state index is 5.66. The maximum absolute atomic E-state index is 5.66. The number of ether oxygens (including phenoxy) is 2. The second-order valence-corrected chi connectivity index (χ2v) is 4.96. The van der Waals surface area contributed by atoms with E-state index in [9.17, 15) is 0 Å². The SMILES string of the molecule is COc1ccccc1CN[C@H]1COCc2ccccc21. The summed E-state index contributed by atoms with van der Waals surface area (Å²) in [7, 11) is 1.71. The van der Waals surface area contributed by atoms with Gasteiger partial charge >= 0.3 is 0 Å². The first-order chi connectivity index (χ1) is 9.88. The van der Waals surface area contributed by atoms with Gasteiger partial charge in [0.15, 0.2) is 0 Å². The standard InChI is InChI=1S/C17H19NO2/c1-19-17-9-5-3-6-13(17)10-18-16-12-20-11-14-7-2-4-8-15(14)16/h2-9,16,18H,10-12H2,1H3/t16-/m0/s1. The molecule has 1 aliphatic heterocycles. The first-order valence-corrected chi connectivity index (χ1v) is 6.89. The lowest BCUT2D eigenvalue weighted by Crippen LogP contribution is -2.29. The van der Waals surface area contributed by atoms with Crippen molar-refractivity contribution in [2.45, 2.75) is 19.2 Å². The molecule has 0 saturated carbocycles. The molecule has 2 aromatic rings. The van der Waals surface area contributed by atoms with Crippen LogP contribution in [0.4, 0.5) is 0 Å². The molecule has 3 heteroatoms. The van der Waals surface area contributed by atoms with Crippen LogP contribution in [0.25, 0.3) is 0 Å². The minimum absolute atomic E-state index is 0.241. The van der Waals surface area contributed by atoms with Crippen molar-refractivity contribution in [1.82, 2.24) is 5.32 Å². The summed E-state index contributed by atoms with van der Waals surface area (Å²) in [5, 5.41) is 3.56. The van der Waals surface area contributed by atoms with Gasteiger partial charge in [-0.25, -0.2) is 0 Å². The average Bonchev–Trinajstić information content (AvgIpc) is 2.53. The number of rotatable bonds is 4. The molecule has 0 bridgehead atoms. The molecule has 1 atom stereocenters. The van der Waals surface area contributed by atoms with Gasteiger partial charge in [0.1, 0.15) is 5.75 Å². The van der Waals surface area contributed by atoms with E-state index in [1.54, 1.807) is 7.11 Å². The van der Waals surface area contributed by atoms with Crippen molar-refractivity contribution in [2.24, 2.45) is 0 Å². The first-order valence-electron chi connectivity index (χ1n) is 6.89. The molecule has 0 saturated heterocycles. The molecule has 0 fully saturated rings. The van der Waals surface area contributed by atoms with Gasteiger partial charge in [-0.1, -0.05) is 42.5 Å². The summed E-state index contributed by atoms with van der Waals surface area (Å²) in [6.45, 7) is 2.20. The first kappa shape index (κ1) is 13.2. The Balaban J connectivity index is 1.73. The molecule has 2 aromatic carbocycles. The molecule has 0 aliphatic carbocycles. The summed E-state index contributed by atoms with van der Waals surface area (Å²) < 4.78 is 11.0. The van der Waals surface area contributed by atoms with Crippen molar-refractivity contribution >= 4 is 0 Å². The van der Waals surface area contributed by atoms with Gasteiger partial charge in [0.25, 0.3) is 0 Å². The van der Waals surface area contributed by atoms with Gasteiger partial charge in [0, 0.05) is 12.1 Å². The van der Waals surface area contributed by atoms with Gasteiger partial charge in [-0.05, 0) is 17.2 Å². The summed E-state index contributed by atoms with van der Waals surface area (Å²) in [5.41, 5.74) is 3.78. The minimum atomic E-state index is 0.241. The Hall–Kier alpha value is -1.84. The molecule has 1 N–H and O–H groups in total. The number of methoxy groups -OCH3 is 1. The molecule has 1 aliphatic rings. The summed E-state index contributed by atoms with van der Waals surface area (Å²) in [5.74, 6) is 0.921. The second-order valence-electron chi connectivity index (χ2n) is 4.96. The normalized spacial score (nSPS) is 17.6. The number of benzene rings is 2. The highest BCUT2D eigenvalue weighted by Gasteiger charge is 2.19. The van der Waals surface area contributed by atoms with Crippen LogP contribution in [0, 0.1) is 0 Å². The van der Waals surface area contributed by atoms with Gasteiger partial charge in [0.2, 0.25) is 0 Å². The molecule has 3 rings (SSSR count). The predicted octanol–water partition coefficient (Wildman–Crippen LogP) is 3.06. The van der Waals surface area contributed by atoms with Crippen molar-refractivity contribution in [3.63, 3.8) is 0 Å². The quantitative estimate of drug-likeness (QED) is 0.925. The third-order valence-corrected chi connectivity index (χ3v) is 3.70. The summed E-state index contributed by atoms with van der Waals surface area (Å²) in [6, 6.07) is 16.8. The van der Waals surface area contributed by atoms with Crippen molar-refractivity contribution in [1.29, 1.82) is 0 Å². The van der Waals surface area contributed by atoms with Crippen LogP contribution in [0.5, 0.6) is 5.75 Å². The van der Waals surface area contributed by atoms with Crippen LogP contribution in [-0.4, -0.2) is 13.7 Å². The van der Waals surface area contributed by atoms with Gasteiger partial charge < -0.3 is 14.8 Å². The highest BCUT2D eigenvalue weighted by atomic mass is 16.5. The van der Waals surface area contributed by atoms with E-state index in [1.165, 1.54) is 11.1 Å². The van der Waals surface area contributed by atoms with Crippen molar-refractivity contribution in [2.75, 3.05) is 13.7 Å². The van der Waals surface area contributed by atoms with E-state index in [2.05, 4.69) is 35.6 Å². The molecule has 0 unspecified atom stereocenters. The van der Waals surface area contributed by atoms with Crippen molar-refractivity contribution < 1.29 is 9.47 Å². The Kier molecular flexibility index (Phi) is 4.00. The smallest absolute Gasteiger partial charge is 0.123 e. The lowest BCUT2D eigenvalue weighted by atomic mass is 9.99. The Morgan fingerprint density at radius 2 is 1.95 bits per heavy atom. The zero-order chi connectivity index (χ0) is 13.8. The molecule has 0 spiro atoms. The van der Waals surface area contributed by atoms with Gasteiger partial charge in [-0.3, -0.25) is 0 Å². The molecule has 3 nitrogen and oxygen atoms in total. The Labute approximate surface area is 119 Å². The fourth-order valence-electron chi connectivity index (χ4n) is 2.63. The van der Waals surface area contributed by atoms with Crippen LogP contribution in [0.1, 0.15) is 22.7 Å². The molecule has 20 heavy (non-hydrogen) atoms. The Morgan fingerprint density at radius 1 is 1.15 bits per heavy atom. The van der Waals surface area contributed by atoms with Crippen LogP contribution in [0.15, 0.2) is 48.5 Å². The molecule has 0 radical (unpaired) electrons. The van der Waals surface area contributed by atoms with Crippen LogP contribution in [0.3, 0.4) is 0 Å². The summed E-state index contributed by atoms with van der Waals surface area (Å²) in [6.07, 6.45) is 0. The van der Waals surface area contributed by atoms with E-state index in [1.807, 2.05) is 18.2 Å². The second kappa shape index (κ2) is 6.07. The zero-order valence-corrected chi connectivity index (χ0v) is 11.6. The number of hydrogen-bond acceptors (Lipinski definition) is 3. The highest BCUT2D eigenvalue weighted by Crippen LogP contribution is 2.25. The van der Waals surface area contributed by atoms with Gasteiger partial charge in [0.05, 0.1) is 26.4 Å². The molecule has 0 amide bonds. The molecular weight excluding hydrogens is 250 g/mol. The van der Waals surface area contributed by atoms with Crippen LogP contribution in [0.2, 0.25) is 0 Å². The van der Waals surface area contributed by atoms with E-state index in [-0.39, 0.29) is 6.04 Å². The highest BCUT2D eigenvalue weighted by molar-refractivity contribution is 5.34. The van der Waals surface area contributed by atoms with Gasteiger partial charge in [-0.2, -0.15) is 0 Å². The van der Waals surface area contributed by atoms with Crippen LogP contribution in [-0.2, 0) is 17.9 Å². The Morgan fingerprint density at radius 3 is 2.85 bits per heavy atom. The molecule has 0 aromatic heterocycles. The molecule has 104 valence electrons. The topological polar surface area (TPSA) is 30.5 Å². The van der Waals surface area contributed by atoms with Gasteiger partial charge in [-0.15, -0.1) is 0 Å². The van der Waals surface area contributed by atoms with E-state index >= 15 is 0 Å². The lowest BCUT2D eigenvalue weighted by Gasteiger charge is -2.27. The third kappa shape index (κ3) is 2.69. The predicted molar refractivity (Wildman–Crippen MR) is 78.7 cm³/mol. The fraction of sp³-hybridized carbons (Fsp3) is 0.294. The van der Waals surface area contributed by atoms with E-state index in [0.717, 1.165) is 17.9 Å². The number of fused-ring (bicyclic) bond motifs is 1. The minimum Gasteiger partial charge on any atom is -0.496 e. The number of para-hydroxylation sites is 1. The zero-order valence-electron chi connectivity index (χ0n) is 11.6. The number of nitrogens with one attached hydrogen (secondary N) is 1. The van der Waals surface area contributed by atoms with Crippen LogP contribution < -0.4 is 10.1 Å². The lowest BCUT2D eigenvalue weighted by molar-refractivity contribution is 0.0816. The van der Waals surface area contributed by atoms with Crippen LogP contribution >= 0.6 is 0 Å². The Bertz CT molecular complexity index is 583. The largest absolute Gasteiger partial charge is 0.496 e. The monoisotopic (exact) mass is 269 g/mol. The fourth-order valence-corrected chi connectivity index (χ4v) is 2.63.